The molecule has 0 aromatic heterocycles. The summed E-state index contributed by atoms with van der Waals surface area (Å²) < 4.78 is 6.18. The fourth-order valence-corrected chi connectivity index (χ4v) is 2.99. The largest absolute Gasteiger partial charge is 0.457 e. The molecule has 104 valence electrons. The van der Waals surface area contributed by atoms with Crippen LogP contribution in [0.4, 0.5) is 0 Å². The van der Waals surface area contributed by atoms with Crippen molar-refractivity contribution in [2.45, 2.75) is 47.0 Å². The highest BCUT2D eigenvalue weighted by Gasteiger charge is 2.34. The minimum Gasteiger partial charge on any atom is -0.457 e. The van der Waals surface area contributed by atoms with Gasteiger partial charge in [0.05, 0.1) is 0 Å². The van der Waals surface area contributed by atoms with Crippen molar-refractivity contribution in [3.05, 3.63) is 57.6 Å². The molecular weight excluding hydrogens is 244 g/mol. The molecule has 0 saturated carbocycles. The molecular formula is C19H22O. The van der Waals surface area contributed by atoms with Gasteiger partial charge in [0.2, 0.25) is 0 Å². The molecule has 3 rings (SSSR count). The van der Waals surface area contributed by atoms with E-state index >= 15 is 0 Å². The van der Waals surface area contributed by atoms with E-state index in [0.717, 1.165) is 11.5 Å². The monoisotopic (exact) mass is 266 g/mol. The Labute approximate surface area is 121 Å². The van der Waals surface area contributed by atoms with Crippen LogP contribution in [-0.2, 0) is 5.41 Å². The summed E-state index contributed by atoms with van der Waals surface area (Å²) in [4.78, 5) is 0. The van der Waals surface area contributed by atoms with Gasteiger partial charge in [-0.25, -0.2) is 0 Å². The third-order valence-corrected chi connectivity index (χ3v) is 4.76. The molecule has 0 unspecified atom stereocenters. The standard InChI is InChI=1S/C19H22O/c1-11-7-15-17(9-13(11)3)20-18-10-14(4)12(2)8-16(18)19(15,5)6/h7-10H,1-6H3. The fourth-order valence-electron chi connectivity index (χ4n) is 2.99. The second kappa shape index (κ2) is 4.12. The Hall–Kier alpha value is -1.76. The van der Waals surface area contributed by atoms with E-state index < -0.39 is 0 Å². The third kappa shape index (κ3) is 1.76. The smallest absolute Gasteiger partial charge is 0.131 e. The molecule has 0 amide bonds. The SMILES string of the molecule is Cc1cc2c(cc1C)C(C)(C)c1cc(C)c(C)cc1O2. The Kier molecular flexibility index (Phi) is 2.72. The number of benzene rings is 2. The third-order valence-electron chi connectivity index (χ3n) is 4.76. The minimum atomic E-state index is -0.0141. The van der Waals surface area contributed by atoms with Gasteiger partial charge in [0.1, 0.15) is 11.5 Å². The molecule has 1 aliphatic rings. The van der Waals surface area contributed by atoms with Gasteiger partial charge in [-0.2, -0.15) is 0 Å². The average Bonchev–Trinajstić information content (AvgIpc) is 2.35. The molecule has 0 bridgehead atoms. The van der Waals surface area contributed by atoms with Crippen molar-refractivity contribution in [1.82, 2.24) is 0 Å². The van der Waals surface area contributed by atoms with Crippen LogP contribution >= 0.6 is 0 Å². The first-order valence-corrected chi connectivity index (χ1v) is 7.22. The van der Waals surface area contributed by atoms with E-state index in [1.54, 1.807) is 0 Å². The summed E-state index contributed by atoms with van der Waals surface area (Å²) in [7, 11) is 0. The van der Waals surface area contributed by atoms with E-state index in [0.29, 0.717) is 0 Å². The first kappa shape index (κ1) is 13.2. The summed E-state index contributed by atoms with van der Waals surface area (Å²) >= 11 is 0. The fraction of sp³-hybridized carbons (Fsp3) is 0.368. The maximum Gasteiger partial charge on any atom is 0.131 e. The van der Waals surface area contributed by atoms with Crippen molar-refractivity contribution in [2.75, 3.05) is 0 Å². The number of aryl methyl sites for hydroxylation is 4. The van der Waals surface area contributed by atoms with Crippen molar-refractivity contribution < 1.29 is 4.74 Å². The molecule has 1 heterocycles. The van der Waals surface area contributed by atoms with Crippen molar-refractivity contribution in [3.63, 3.8) is 0 Å². The lowest BCUT2D eigenvalue weighted by atomic mass is 9.74. The second-order valence-electron chi connectivity index (χ2n) is 6.59. The zero-order chi connectivity index (χ0) is 14.7. The van der Waals surface area contributed by atoms with Crippen LogP contribution in [0.1, 0.15) is 47.2 Å². The number of ether oxygens (including phenoxy) is 1. The van der Waals surface area contributed by atoms with E-state index in [4.69, 9.17) is 4.74 Å². The highest BCUT2D eigenvalue weighted by atomic mass is 16.5. The molecule has 1 nitrogen and oxygen atoms in total. The van der Waals surface area contributed by atoms with Gasteiger partial charge in [0, 0.05) is 16.5 Å². The van der Waals surface area contributed by atoms with Gasteiger partial charge in [0.25, 0.3) is 0 Å². The molecule has 0 N–H and O–H groups in total. The molecule has 0 aliphatic carbocycles. The molecule has 2 aromatic rings. The summed E-state index contributed by atoms with van der Waals surface area (Å²) in [6, 6.07) is 8.90. The van der Waals surface area contributed by atoms with Crippen molar-refractivity contribution in [2.24, 2.45) is 0 Å². The summed E-state index contributed by atoms with van der Waals surface area (Å²) in [6.07, 6.45) is 0. The number of rotatable bonds is 0. The lowest BCUT2D eigenvalue weighted by molar-refractivity contribution is 0.416. The van der Waals surface area contributed by atoms with Crippen LogP contribution in [0.3, 0.4) is 0 Å². The molecule has 1 aliphatic heterocycles. The highest BCUT2D eigenvalue weighted by molar-refractivity contribution is 5.60. The van der Waals surface area contributed by atoms with Gasteiger partial charge in [-0.05, 0) is 62.1 Å². The molecule has 0 atom stereocenters. The molecule has 20 heavy (non-hydrogen) atoms. The number of hydrogen-bond acceptors (Lipinski definition) is 1. The molecule has 1 heteroatoms. The second-order valence-corrected chi connectivity index (χ2v) is 6.59. The highest BCUT2D eigenvalue weighted by Crippen LogP contribution is 2.49. The van der Waals surface area contributed by atoms with Gasteiger partial charge in [-0.15, -0.1) is 0 Å². The van der Waals surface area contributed by atoms with Crippen LogP contribution < -0.4 is 4.74 Å². The molecule has 0 radical (unpaired) electrons. The van der Waals surface area contributed by atoms with Gasteiger partial charge >= 0.3 is 0 Å². The maximum atomic E-state index is 6.18. The Morgan fingerprint density at radius 1 is 0.650 bits per heavy atom. The number of fused-ring (bicyclic) bond motifs is 2. The quantitative estimate of drug-likeness (QED) is 0.624. The van der Waals surface area contributed by atoms with Crippen molar-refractivity contribution in [3.8, 4) is 11.5 Å². The van der Waals surface area contributed by atoms with Gasteiger partial charge < -0.3 is 4.74 Å². The first-order valence-electron chi connectivity index (χ1n) is 7.22. The lowest BCUT2D eigenvalue weighted by Crippen LogP contribution is -2.25. The van der Waals surface area contributed by atoms with Gasteiger partial charge in [0.15, 0.2) is 0 Å². The Balaban J connectivity index is 2.28. The van der Waals surface area contributed by atoms with E-state index in [1.165, 1.54) is 33.4 Å². The van der Waals surface area contributed by atoms with E-state index in [2.05, 4.69) is 65.8 Å². The van der Waals surface area contributed by atoms with E-state index in [1.807, 2.05) is 0 Å². The predicted molar refractivity (Wildman–Crippen MR) is 84.0 cm³/mol. The lowest BCUT2D eigenvalue weighted by Gasteiger charge is -2.35. The van der Waals surface area contributed by atoms with Crippen LogP contribution in [0, 0.1) is 27.7 Å². The minimum absolute atomic E-state index is 0.0141. The topological polar surface area (TPSA) is 9.23 Å². The normalized spacial score (nSPS) is 15.3. The predicted octanol–water partition coefficient (Wildman–Crippen LogP) is 5.35. The summed E-state index contributed by atoms with van der Waals surface area (Å²) in [5.41, 5.74) is 7.78. The van der Waals surface area contributed by atoms with Crippen molar-refractivity contribution >= 4 is 0 Å². The number of hydrogen-bond donors (Lipinski definition) is 0. The maximum absolute atomic E-state index is 6.18. The van der Waals surface area contributed by atoms with Crippen LogP contribution in [0.2, 0.25) is 0 Å². The van der Waals surface area contributed by atoms with Crippen LogP contribution in [0.5, 0.6) is 11.5 Å². The van der Waals surface area contributed by atoms with Gasteiger partial charge in [-0.1, -0.05) is 26.0 Å². The first-order chi connectivity index (χ1) is 9.30. The summed E-state index contributed by atoms with van der Waals surface area (Å²) in [5.74, 6) is 2.02. The zero-order valence-corrected chi connectivity index (χ0v) is 13.2. The Bertz CT molecular complexity index is 649. The van der Waals surface area contributed by atoms with E-state index in [9.17, 15) is 0 Å². The Morgan fingerprint density at radius 3 is 1.40 bits per heavy atom. The van der Waals surface area contributed by atoms with Crippen LogP contribution in [0.15, 0.2) is 24.3 Å². The molecule has 2 aromatic carbocycles. The molecule has 0 fully saturated rings. The summed E-state index contributed by atoms with van der Waals surface area (Å²) in [6.45, 7) is 13.2. The van der Waals surface area contributed by atoms with Crippen LogP contribution in [-0.4, -0.2) is 0 Å². The zero-order valence-electron chi connectivity index (χ0n) is 13.2. The molecule has 0 spiro atoms. The Morgan fingerprint density at radius 2 is 1.00 bits per heavy atom. The summed E-state index contributed by atoms with van der Waals surface area (Å²) in [5, 5.41) is 0. The van der Waals surface area contributed by atoms with Crippen LogP contribution in [0.25, 0.3) is 0 Å². The molecule has 0 saturated heterocycles. The average molecular weight is 266 g/mol. The van der Waals surface area contributed by atoms with Gasteiger partial charge in [-0.3, -0.25) is 0 Å². The van der Waals surface area contributed by atoms with Crippen molar-refractivity contribution in [1.29, 1.82) is 0 Å². The van der Waals surface area contributed by atoms with E-state index in [-0.39, 0.29) is 5.41 Å².